The van der Waals surface area contributed by atoms with Crippen molar-refractivity contribution in [2.24, 2.45) is 0 Å². The van der Waals surface area contributed by atoms with Crippen molar-refractivity contribution < 1.29 is 4.74 Å². The average Bonchev–Trinajstić information content (AvgIpc) is 2.70. The standard InChI is InChI=1S/C23H31N3OS/c1-18-17-20(9-10-22(18)27-3)24-23(28)26(21-12-14-25(2)15-13-21)16-11-19-7-5-4-6-8-19/h4-10,17,21H,11-16H2,1-3H3,(H,24,28). The minimum atomic E-state index is 0.485. The van der Waals surface area contributed by atoms with Gasteiger partial charge in [-0.05, 0) is 87.9 Å². The van der Waals surface area contributed by atoms with E-state index in [0.29, 0.717) is 6.04 Å². The van der Waals surface area contributed by atoms with Gasteiger partial charge in [0.05, 0.1) is 7.11 Å². The number of piperidine rings is 1. The first-order valence-electron chi connectivity index (χ1n) is 10.0. The molecule has 0 unspecified atom stereocenters. The quantitative estimate of drug-likeness (QED) is 0.732. The minimum absolute atomic E-state index is 0.485. The third kappa shape index (κ3) is 5.46. The maximum absolute atomic E-state index is 5.86. The van der Waals surface area contributed by atoms with Gasteiger partial charge in [-0.2, -0.15) is 0 Å². The van der Waals surface area contributed by atoms with Crippen LogP contribution in [0.1, 0.15) is 24.0 Å². The van der Waals surface area contributed by atoms with Crippen LogP contribution in [0.15, 0.2) is 48.5 Å². The highest BCUT2D eigenvalue weighted by Gasteiger charge is 2.25. The molecule has 0 aromatic heterocycles. The molecule has 150 valence electrons. The van der Waals surface area contributed by atoms with Gasteiger partial charge < -0.3 is 19.9 Å². The predicted octanol–water partition coefficient (Wildman–Crippen LogP) is 4.34. The van der Waals surface area contributed by atoms with Crippen LogP contribution in [0.5, 0.6) is 5.75 Å². The molecule has 1 fully saturated rings. The molecular formula is C23H31N3OS. The van der Waals surface area contributed by atoms with E-state index < -0.39 is 0 Å². The molecule has 1 N–H and O–H groups in total. The van der Waals surface area contributed by atoms with Crippen LogP contribution >= 0.6 is 12.2 Å². The summed E-state index contributed by atoms with van der Waals surface area (Å²) in [6.07, 6.45) is 3.29. The molecule has 0 radical (unpaired) electrons. The maximum Gasteiger partial charge on any atom is 0.173 e. The monoisotopic (exact) mass is 397 g/mol. The zero-order valence-corrected chi connectivity index (χ0v) is 18.0. The van der Waals surface area contributed by atoms with Gasteiger partial charge in [0.25, 0.3) is 0 Å². The van der Waals surface area contributed by atoms with E-state index in [1.54, 1.807) is 7.11 Å². The van der Waals surface area contributed by atoms with Gasteiger partial charge in [-0.3, -0.25) is 0 Å². The molecule has 1 heterocycles. The number of rotatable bonds is 6. The molecule has 1 aliphatic rings. The smallest absolute Gasteiger partial charge is 0.173 e. The highest BCUT2D eigenvalue weighted by molar-refractivity contribution is 7.80. The number of nitrogens with one attached hydrogen (secondary N) is 1. The summed E-state index contributed by atoms with van der Waals surface area (Å²) in [5.41, 5.74) is 3.47. The fourth-order valence-electron chi connectivity index (χ4n) is 3.80. The van der Waals surface area contributed by atoms with E-state index in [9.17, 15) is 0 Å². The number of anilines is 1. The van der Waals surface area contributed by atoms with Crippen molar-refractivity contribution in [3.8, 4) is 5.75 Å². The molecule has 28 heavy (non-hydrogen) atoms. The van der Waals surface area contributed by atoms with E-state index in [4.69, 9.17) is 17.0 Å². The number of hydrogen-bond donors (Lipinski definition) is 1. The second kappa shape index (κ2) is 9.89. The summed E-state index contributed by atoms with van der Waals surface area (Å²) in [5, 5.41) is 4.28. The van der Waals surface area contributed by atoms with Gasteiger partial charge in [-0.1, -0.05) is 30.3 Å². The maximum atomic E-state index is 5.86. The van der Waals surface area contributed by atoms with E-state index in [-0.39, 0.29) is 0 Å². The summed E-state index contributed by atoms with van der Waals surface area (Å²) in [4.78, 5) is 4.80. The Morgan fingerprint density at radius 3 is 2.54 bits per heavy atom. The van der Waals surface area contributed by atoms with Gasteiger partial charge in [-0.25, -0.2) is 0 Å². The van der Waals surface area contributed by atoms with Gasteiger partial charge in [-0.15, -0.1) is 0 Å². The minimum Gasteiger partial charge on any atom is -0.496 e. The Morgan fingerprint density at radius 1 is 1.18 bits per heavy atom. The fourth-order valence-corrected chi connectivity index (χ4v) is 4.16. The van der Waals surface area contributed by atoms with E-state index in [2.05, 4.69) is 65.5 Å². The van der Waals surface area contributed by atoms with E-state index in [1.807, 2.05) is 12.1 Å². The van der Waals surface area contributed by atoms with Gasteiger partial charge in [0.15, 0.2) is 5.11 Å². The fraction of sp³-hybridized carbons (Fsp3) is 0.435. The summed E-state index contributed by atoms with van der Waals surface area (Å²) in [5.74, 6) is 0.896. The summed E-state index contributed by atoms with van der Waals surface area (Å²) >= 11 is 5.86. The molecule has 3 rings (SSSR count). The zero-order chi connectivity index (χ0) is 19.9. The van der Waals surface area contributed by atoms with E-state index in [0.717, 1.165) is 61.0 Å². The molecule has 5 heteroatoms. The van der Waals surface area contributed by atoms with Crippen molar-refractivity contribution in [3.05, 3.63) is 59.7 Å². The van der Waals surface area contributed by atoms with Gasteiger partial charge in [0, 0.05) is 18.3 Å². The molecule has 4 nitrogen and oxygen atoms in total. The Bertz CT molecular complexity index is 773. The highest BCUT2D eigenvalue weighted by atomic mass is 32.1. The Kier molecular flexibility index (Phi) is 7.29. The van der Waals surface area contributed by atoms with Crippen molar-refractivity contribution in [3.63, 3.8) is 0 Å². The number of likely N-dealkylation sites (tertiary alicyclic amines) is 1. The number of nitrogens with zero attached hydrogens (tertiary/aromatic N) is 2. The van der Waals surface area contributed by atoms with Crippen LogP contribution in [0, 0.1) is 6.92 Å². The first kappa shape index (κ1) is 20.6. The van der Waals surface area contributed by atoms with Crippen molar-refractivity contribution in [1.29, 1.82) is 0 Å². The van der Waals surface area contributed by atoms with Gasteiger partial charge in [0.1, 0.15) is 5.75 Å². The Hall–Kier alpha value is -2.11. The van der Waals surface area contributed by atoms with Crippen LogP contribution in [-0.4, -0.2) is 54.7 Å². The number of methoxy groups -OCH3 is 1. The molecule has 0 bridgehead atoms. The predicted molar refractivity (Wildman–Crippen MR) is 121 cm³/mol. The zero-order valence-electron chi connectivity index (χ0n) is 17.1. The van der Waals surface area contributed by atoms with Crippen LogP contribution < -0.4 is 10.1 Å². The molecule has 0 aliphatic carbocycles. The highest BCUT2D eigenvalue weighted by Crippen LogP contribution is 2.23. The molecular weight excluding hydrogens is 366 g/mol. The SMILES string of the molecule is COc1ccc(NC(=S)N(CCc2ccccc2)C2CCN(C)CC2)cc1C. The van der Waals surface area contributed by atoms with Crippen LogP contribution in [-0.2, 0) is 6.42 Å². The first-order valence-corrected chi connectivity index (χ1v) is 10.4. The van der Waals surface area contributed by atoms with Crippen molar-refractivity contribution in [2.45, 2.75) is 32.2 Å². The molecule has 0 saturated carbocycles. The molecule has 2 aromatic rings. The number of hydrogen-bond acceptors (Lipinski definition) is 3. The molecule has 1 aliphatic heterocycles. The van der Waals surface area contributed by atoms with Crippen molar-refractivity contribution >= 4 is 23.0 Å². The molecule has 0 amide bonds. The third-order valence-electron chi connectivity index (χ3n) is 5.52. The second-order valence-electron chi connectivity index (χ2n) is 7.58. The number of aryl methyl sites for hydroxylation is 1. The van der Waals surface area contributed by atoms with Gasteiger partial charge in [0.2, 0.25) is 0 Å². The second-order valence-corrected chi connectivity index (χ2v) is 7.96. The molecule has 2 aromatic carbocycles. The third-order valence-corrected chi connectivity index (χ3v) is 5.86. The Morgan fingerprint density at radius 2 is 1.89 bits per heavy atom. The van der Waals surface area contributed by atoms with Crippen LogP contribution in [0.3, 0.4) is 0 Å². The van der Waals surface area contributed by atoms with Crippen LogP contribution in [0.2, 0.25) is 0 Å². The summed E-state index contributed by atoms with van der Waals surface area (Å²) in [6.45, 7) is 5.23. The molecule has 0 spiro atoms. The van der Waals surface area contributed by atoms with Crippen LogP contribution in [0.25, 0.3) is 0 Å². The lowest BCUT2D eigenvalue weighted by molar-refractivity contribution is 0.178. The van der Waals surface area contributed by atoms with Crippen molar-refractivity contribution in [1.82, 2.24) is 9.80 Å². The topological polar surface area (TPSA) is 27.7 Å². The van der Waals surface area contributed by atoms with E-state index >= 15 is 0 Å². The van der Waals surface area contributed by atoms with E-state index in [1.165, 1.54) is 5.56 Å². The average molecular weight is 398 g/mol. The lowest BCUT2D eigenvalue weighted by atomic mass is 10.0. The summed E-state index contributed by atoms with van der Waals surface area (Å²) in [6, 6.07) is 17.3. The lowest BCUT2D eigenvalue weighted by Crippen LogP contribution is -2.48. The van der Waals surface area contributed by atoms with Gasteiger partial charge >= 0.3 is 0 Å². The molecule has 1 saturated heterocycles. The first-order chi connectivity index (χ1) is 13.6. The Balaban J connectivity index is 1.71. The Labute approximate surface area is 174 Å². The number of thiocarbonyl (C=S) groups is 1. The van der Waals surface area contributed by atoms with Crippen LogP contribution in [0.4, 0.5) is 5.69 Å². The normalized spacial score (nSPS) is 15.2. The molecule has 0 atom stereocenters. The summed E-state index contributed by atoms with van der Waals surface area (Å²) in [7, 11) is 3.90. The largest absolute Gasteiger partial charge is 0.496 e. The number of benzene rings is 2. The van der Waals surface area contributed by atoms with Crippen molar-refractivity contribution in [2.75, 3.05) is 39.1 Å². The lowest BCUT2D eigenvalue weighted by Gasteiger charge is -2.39. The number of ether oxygens (including phenoxy) is 1. The summed E-state index contributed by atoms with van der Waals surface area (Å²) < 4.78 is 5.37.